The van der Waals surface area contributed by atoms with E-state index in [1.165, 1.54) is 12.1 Å². The number of hydrogen-bond donors (Lipinski definition) is 2. The summed E-state index contributed by atoms with van der Waals surface area (Å²) in [7, 11) is 3.13. The Bertz CT molecular complexity index is 867. The zero-order chi connectivity index (χ0) is 18.5. The van der Waals surface area contributed by atoms with Gasteiger partial charge < -0.3 is 19.9 Å². The van der Waals surface area contributed by atoms with Crippen LogP contribution >= 0.6 is 0 Å². The first-order chi connectivity index (χ1) is 12.6. The SMILES string of the molecule is COc1ccc([C@H](N)c2n[nH]c(COc3ccc(F)cc3)n2)cc1OC. The summed E-state index contributed by atoms with van der Waals surface area (Å²) < 4.78 is 28.9. The fourth-order valence-electron chi connectivity index (χ4n) is 2.39. The van der Waals surface area contributed by atoms with Crippen LogP contribution < -0.4 is 19.9 Å². The molecular formula is C18H19FN4O3. The molecule has 0 radical (unpaired) electrons. The highest BCUT2D eigenvalue weighted by molar-refractivity contribution is 5.44. The molecule has 0 saturated carbocycles. The molecule has 1 atom stereocenters. The van der Waals surface area contributed by atoms with Crippen molar-refractivity contribution in [1.29, 1.82) is 0 Å². The molecule has 26 heavy (non-hydrogen) atoms. The number of nitrogens with zero attached hydrogens (tertiary/aromatic N) is 2. The van der Waals surface area contributed by atoms with E-state index in [4.69, 9.17) is 19.9 Å². The zero-order valence-electron chi connectivity index (χ0n) is 14.4. The summed E-state index contributed by atoms with van der Waals surface area (Å²) in [6.07, 6.45) is 0. The molecule has 8 heteroatoms. The number of benzene rings is 2. The molecule has 3 aromatic rings. The van der Waals surface area contributed by atoms with Gasteiger partial charge in [0, 0.05) is 0 Å². The van der Waals surface area contributed by atoms with Crippen LogP contribution in [0.15, 0.2) is 42.5 Å². The maximum absolute atomic E-state index is 12.9. The minimum Gasteiger partial charge on any atom is -0.493 e. The number of aromatic nitrogens is 3. The van der Waals surface area contributed by atoms with Gasteiger partial charge in [0.25, 0.3) is 0 Å². The molecule has 0 aliphatic rings. The molecule has 0 aliphatic heterocycles. The van der Waals surface area contributed by atoms with E-state index < -0.39 is 6.04 Å². The molecule has 2 aromatic carbocycles. The quantitative estimate of drug-likeness (QED) is 0.674. The lowest BCUT2D eigenvalue weighted by Gasteiger charge is -2.12. The summed E-state index contributed by atoms with van der Waals surface area (Å²) in [5.74, 6) is 2.35. The first-order valence-corrected chi connectivity index (χ1v) is 7.87. The van der Waals surface area contributed by atoms with Gasteiger partial charge in [0.1, 0.15) is 18.2 Å². The molecule has 0 fully saturated rings. The van der Waals surface area contributed by atoms with Crippen LogP contribution in [0.3, 0.4) is 0 Å². The lowest BCUT2D eigenvalue weighted by atomic mass is 10.1. The Morgan fingerprint density at radius 2 is 1.81 bits per heavy atom. The van der Waals surface area contributed by atoms with Crippen molar-refractivity contribution in [3.63, 3.8) is 0 Å². The Labute approximate surface area is 149 Å². The molecule has 3 rings (SSSR count). The predicted molar refractivity (Wildman–Crippen MR) is 92.7 cm³/mol. The largest absolute Gasteiger partial charge is 0.493 e. The van der Waals surface area contributed by atoms with Gasteiger partial charge in [-0.25, -0.2) is 9.37 Å². The lowest BCUT2D eigenvalue weighted by Crippen LogP contribution is -2.14. The van der Waals surface area contributed by atoms with Gasteiger partial charge >= 0.3 is 0 Å². The highest BCUT2D eigenvalue weighted by atomic mass is 19.1. The first-order valence-electron chi connectivity index (χ1n) is 7.87. The molecule has 1 heterocycles. The monoisotopic (exact) mass is 358 g/mol. The van der Waals surface area contributed by atoms with Crippen LogP contribution in [0.25, 0.3) is 0 Å². The highest BCUT2D eigenvalue weighted by Gasteiger charge is 2.17. The number of ether oxygens (including phenoxy) is 3. The van der Waals surface area contributed by atoms with Crippen molar-refractivity contribution in [3.8, 4) is 17.2 Å². The number of nitrogens with two attached hydrogens (primary N) is 1. The fraction of sp³-hybridized carbons (Fsp3) is 0.222. The molecule has 0 saturated heterocycles. The molecule has 3 N–H and O–H groups in total. The number of rotatable bonds is 7. The topological polar surface area (TPSA) is 95.3 Å². The Morgan fingerprint density at radius 3 is 2.50 bits per heavy atom. The van der Waals surface area contributed by atoms with Crippen LogP contribution in [0.2, 0.25) is 0 Å². The van der Waals surface area contributed by atoms with Crippen molar-refractivity contribution in [2.45, 2.75) is 12.6 Å². The van der Waals surface area contributed by atoms with Gasteiger partial charge in [0.15, 0.2) is 23.1 Å². The first kappa shape index (κ1) is 17.7. The van der Waals surface area contributed by atoms with Crippen molar-refractivity contribution in [1.82, 2.24) is 15.2 Å². The molecule has 136 valence electrons. The Hall–Kier alpha value is -3.13. The van der Waals surface area contributed by atoms with Gasteiger partial charge in [-0.05, 0) is 42.0 Å². The van der Waals surface area contributed by atoms with Crippen LogP contribution in [0.4, 0.5) is 4.39 Å². The average Bonchev–Trinajstić information content (AvgIpc) is 3.15. The maximum atomic E-state index is 12.9. The smallest absolute Gasteiger partial charge is 0.172 e. The average molecular weight is 358 g/mol. The highest BCUT2D eigenvalue weighted by Crippen LogP contribution is 2.30. The van der Waals surface area contributed by atoms with E-state index in [0.717, 1.165) is 5.56 Å². The van der Waals surface area contributed by atoms with Gasteiger partial charge in [-0.2, -0.15) is 5.10 Å². The lowest BCUT2D eigenvalue weighted by molar-refractivity contribution is 0.296. The van der Waals surface area contributed by atoms with Crippen LogP contribution in [0.5, 0.6) is 17.2 Å². The minimum atomic E-state index is -0.536. The van der Waals surface area contributed by atoms with E-state index in [-0.39, 0.29) is 12.4 Å². The van der Waals surface area contributed by atoms with Crippen LogP contribution in [0, 0.1) is 5.82 Å². The summed E-state index contributed by atoms with van der Waals surface area (Å²) in [4.78, 5) is 4.35. The number of halogens is 1. The second kappa shape index (κ2) is 7.83. The van der Waals surface area contributed by atoms with Crippen molar-refractivity contribution >= 4 is 0 Å². The van der Waals surface area contributed by atoms with Crippen molar-refractivity contribution in [2.24, 2.45) is 5.73 Å². The summed E-state index contributed by atoms with van der Waals surface area (Å²) in [6.45, 7) is 0.164. The third-order valence-electron chi connectivity index (χ3n) is 3.78. The maximum Gasteiger partial charge on any atom is 0.172 e. The molecule has 0 bridgehead atoms. The van der Waals surface area contributed by atoms with Crippen molar-refractivity contribution in [2.75, 3.05) is 14.2 Å². The third-order valence-corrected chi connectivity index (χ3v) is 3.78. The molecule has 0 aliphatic carbocycles. The van der Waals surface area contributed by atoms with E-state index in [2.05, 4.69) is 15.2 Å². The normalized spacial score (nSPS) is 11.8. The molecule has 0 spiro atoms. The van der Waals surface area contributed by atoms with Gasteiger partial charge in [0.05, 0.1) is 20.3 Å². The van der Waals surface area contributed by atoms with Crippen LogP contribution in [0.1, 0.15) is 23.3 Å². The van der Waals surface area contributed by atoms with Crippen molar-refractivity contribution < 1.29 is 18.6 Å². The van der Waals surface area contributed by atoms with Gasteiger partial charge in [0.2, 0.25) is 0 Å². The van der Waals surface area contributed by atoms with E-state index in [1.807, 2.05) is 6.07 Å². The predicted octanol–water partition coefficient (Wildman–Crippen LogP) is 2.59. The summed E-state index contributed by atoms with van der Waals surface area (Å²) in [6, 6.07) is 10.6. The third kappa shape index (κ3) is 3.92. The van der Waals surface area contributed by atoms with Crippen molar-refractivity contribution in [3.05, 3.63) is 65.5 Å². The van der Waals surface area contributed by atoms with Gasteiger partial charge in [-0.1, -0.05) is 6.07 Å². The van der Waals surface area contributed by atoms with Gasteiger partial charge in [-0.3, -0.25) is 5.10 Å². The van der Waals surface area contributed by atoms with Crippen LogP contribution in [-0.2, 0) is 6.61 Å². The summed E-state index contributed by atoms with van der Waals surface area (Å²) >= 11 is 0. The van der Waals surface area contributed by atoms with Gasteiger partial charge in [-0.15, -0.1) is 0 Å². The summed E-state index contributed by atoms with van der Waals surface area (Å²) in [5.41, 5.74) is 7.03. The molecule has 7 nitrogen and oxygen atoms in total. The molecule has 0 amide bonds. The van der Waals surface area contributed by atoms with E-state index in [9.17, 15) is 4.39 Å². The second-order valence-corrected chi connectivity index (χ2v) is 5.47. The number of methoxy groups -OCH3 is 2. The summed E-state index contributed by atoms with van der Waals surface area (Å²) in [5, 5.41) is 6.94. The number of H-pyrrole nitrogens is 1. The number of aromatic amines is 1. The Balaban J connectivity index is 1.69. The Morgan fingerprint density at radius 1 is 1.08 bits per heavy atom. The van der Waals surface area contributed by atoms with Crippen LogP contribution in [-0.4, -0.2) is 29.4 Å². The zero-order valence-corrected chi connectivity index (χ0v) is 14.4. The number of nitrogens with one attached hydrogen (secondary N) is 1. The molecule has 0 unspecified atom stereocenters. The number of hydrogen-bond acceptors (Lipinski definition) is 6. The molecule has 1 aromatic heterocycles. The van der Waals surface area contributed by atoms with E-state index in [1.54, 1.807) is 38.5 Å². The molecular weight excluding hydrogens is 339 g/mol. The Kier molecular flexibility index (Phi) is 5.33. The minimum absolute atomic E-state index is 0.164. The second-order valence-electron chi connectivity index (χ2n) is 5.47. The standard InChI is InChI=1S/C18H19FN4O3/c1-24-14-8-3-11(9-15(14)25-2)17(20)18-21-16(22-23-18)10-26-13-6-4-12(19)5-7-13/h3-9,17H,10,20H2,1-2H3,(H,21,22,23)/t17-/m0/s1. The van der Waals surface area contributed by atoms with E-state index in [0.29, 0.717) is 28.9 Å². The van der Waals surface area contributed by atoms with E-state index >= 15 is 0 Å². The fourth-order valence-corrected chi connectivity index (χ4v) is 2.39.